The van der Waals surface area contributed by atoms with Gasteiger partial charge in [0.05, 0.1) is 23.4 Å². The maximum absolute atomic E-state index is 13.6. The molecule has 2 aliphatic heterocycles. The summed E-state index contributed by atoms with van der Waals surface area (Å²) in [5.74, 6) is 1.51. The Labute approximate surface area is 179 Å². The molecule has 10 heteroatoms. The average Bonchev–Trinajstić information content (AvgIpc) is 3.43. The average molecular weight is 446 g/mol. The predicted octanol–water partition coefficient (Wildman–Crippen LogP) is 3.15. The zero-order chi connectivity index (χ0) is 21.6. The second kappa shape index (κ2) is 7.61. The standard InChI is InChI=1S/C21H22N2O7S/c1-13-11-23(12-14(2)29-13)21-20(22-19(30-21)17-4-3-7-26-17)31(24,25)15-5-6-16-18(10-15)28-9-8-27-16/h3-7,10,13-14H,8-9,11-12H2,1-2H3. The maximum Gasteiger partial charge on any atom is 0.266 e. The van der Waals surface area contributed by atoms with Crippen LogP contribution in [0.4, 0.5) is 5.88 Å². The van der Waals surface area contributed by atoms with E-state index in [1.165, 1.54) is 18.4 Å². The SMILES string of the molecule is CC1CN(c2oc(-c3ccco3)nc2S(=O)(=O)c2ccc3c(c2)OCCO3)CC(C)O1. The molecule has 1 aromatic carbocycles. The minimum absolute atomic E-state index is 0.0478. The van der Waals surface area contributed by atoms with Gasteiger partial charge in [-0.1, -0.05) is 0 Å². The molecule has 2 aliphatic rings. The molecule has 31 heavy (non-hydrogen) atoms. The smallest absolute Gasteiger partial charge is 0.266 e. The number of hydrogen-bond acceptors (Lipinski definition) is 9. The van der Waals surface area contributed by atoms with Gasteiger partial charge in [-0.3, -0.25) is 0 Å². The summed E-state index contributed by atoms with van der Waals surface area (Å²) in [6.45, 7) is 5.59. The van der Waals surface area contributed by atoms with Gasteiger partial charge in [0.1, 0.15) is 13.2 Å². The lowest BCUT2D eigenvalue weighted by Crippen LogP contribution is -2.45. The third-order valence-electron chi connectivity index (χ3n) is 5.10. The number of fused-ring (bicyclic) bond motifs is 1. The summed E-state index contributed by atoms with van der Waals surface area (Å²) in [7, 11) is -4.02. The number of aromatic nitrogens is 1. The number of oxazole rings is 1. The lowest BCUT2D eigenvalue weighted by molar-refractivity contribution is -0.00657. The van der Waals surface area contributed by atoms with Crippen molar-refractivity contribution in [2.24, 2.45) is 0 Å². The van der Waals surface area contributed by atoms with Crippen LogP contribution >= 0.6 is 0 Å². The first-order valence-electron chi connectivity index (χ1n) is 10.0. The molecule has 4 heterocycles. The van der Waals surface area contributed by atoms with Crippen LogP contribution < -0.4 is 14.4 Å². The summed E-state index contributed by atoms with van der Waals surface area (Å²) in [5.41, 5.74) is 0. The van der Waals surface area contributed by atoms with Gasteiger partial charge in [0.25, 0.3) is 5.89 Å². The Morgan fingerprint density at radius 3 is 2.48 bits per heavy atom. The van der Waals surface area contributed by atoms with Crippen LogP contribution in [0.25, 0.3) is 11.7 Å². The number of morpholine rings is 1. The number of anilines is 1. The van der Waals surface area contributed by atoms with Crippen LogP contribution in [0.5, 0.6) is 11.5 Å². The quantitative estimate of drug-likeness (QED) is 0.598. The van der Waals surface area contributed by atoms with Crippen molar-refractivity contribution in [2.45, 2.75) is 36.0 Å². The summed E-state index contributed by atoms with van der Waals surface area (Å²) in [4.78, 5) is 6.23. The summed E-state index contributed by atoms with van der Waals surface area (Å²) in [6.07, 6.45) is 1.30. The van der Waals surface area contributed by atoms with E-state index in [-0.39, 0.29) is 33.9 Å². The third kappa shape index (κ3) is 3.66. The molecule has 1 saturated heterocycles. The minimum atomic E-state index is -4.02. The molecule has 9 nitrogen and oxygen atoms in total. The first kappa shape index (κ1) is 20.0. The van der Waals surface area contributed by atoms with E-state index in [0.717, 1.165) is 0 Å². The van der Waals surface area contributed by atoms with Gasteiger partial charge in [-0.05, 0) is 38.1 Å². The van der Waals surface area contributed by atoms with Gasteiger partial charge in [0, 0.05) is 19.2 Å². The lowest BCUT2D eigenvalue weighted by atomic mass is 10.2. The van der Waals surface area contributed by atoms with Crippen LogP contribution in [0.3, 0.4) is 0 Å². The molecule has 0 bridgehead atoms. The number of benzene rings is 1. The number of hydrogen-bond donors (Lipinski definition) is 0. The van der Waals surface area contributed by atoms with Crippen molar-refractivity contribution in [3.8, 4) is 23.1 Å². The van der Waals surface area contributed by atoms with Crippen molar-refractivity contribution in [2.75, 3.05) is 31.2 Å². The Morgan fingerprint density at radius 2 is 1.77 bits per heavy atom. The highest BCUT2D eigenvalue weighted by Crippen LogP contribution is 2.39. The highest BCUT2D eigenvalue weighted by Gasteiger charge is 2.35. The van der Waals surface area contributed by atoms with Gasteiger partial charge < -0.3 is 27.9 Å². The summed E-state index contributed by atoms with van der Waals surface area (Å²) in [5, 5.41) is -0.170. The summed E-state index contributed by atoms with van der Waals surface area (Å²) in [6, 6.07) is 7.89. The molecule has 0 N–H and O–H groups in total. The van der Waals surface area contributed by atoms with E-state index in [2.05, 4.69) is 4.98 Å². The molecular formula is C21H22N2O7S. The van der Waals surface area contributed by atoms with Crippen molar-refractivity contribution in [3.05, 3.63) is 36.6 Å². The monoisotopic (exact) mass is 446 g/mol. The van der Waals surface area contributed by atoms with Crippen LogP contribution in [0.15, 0.2) is 55.4 Å². The number of ether oxygens (including phenoxy) is 3. The third-order valence-corrected chi connectivity index (χ3v) is 6.75. The highest BCUT2D eigenvalue weighted by molar-refractivity contribution is 7.91. The zero-order valence-electron chi connectivity index (χ0n) is 17.1. The molecule has 2 aromatic heterocycles. The largest absolute Gasteiger partial charge is 0.486 e. The van der Waals surface area contributed by atoms with Crippen molar-refractivity contribution >= 4 is 15.7 Å². The lowest BCUT2D eigenvalue weighted by Gasteiger charge is -2.35. The van der Waals surface area contributed by atoms with E-state index < -0.39 is 9.84 Å². The topological polar surface area (TPSA) is 104 Å². The summed E-state index contributed by atoms with van der Waals surface area (Å²) < 4.78 is 55.4. The van der Waals surface area contributed by atoms with Crippen molar-refractivity contribution < 1.29 is 31.5 Å². The van der Waals surface area contributed by atoms with Crippen LogP contribution in [-0.4, -0.2) is 51.9 Å². The molecule has 0 radical (unpaired) electrons. The van der Waals surface area contributed by atoms with E-state index in [4.69, 9.17) is 23.0 Å². The van der Waals surface area contributed by atoms with Crippen LogP contribution in [-0.2, 0) is 14.6 Å². The predicted molar refractivity (Wildman–Crippen MR) is 109 cm³/mol. The zero-order valence-corrected chi connectivity index (χ0v) is 17.9. The van der Waals surface area contributed by atoms with Gasteiger partial charge in [-0.15, -0.1) is 0 Å². The molecule has 0 aliphatic carbocycles. The van der Waals surface area contributed by atoms with Gasteiger partial charge >= 0.3 is 0 Å². The normalized spacial score (nSPS) is 21.3. The van der Waals surface area contributed by atoms with E-state index in [1.807, 2.05) is 18.7 Å². The Balaban J connectivity index is 1.61. The molecule has 3 aromatic rings. The Morgan fingerprint density at radius 1 is 1.03 bits per heavy atom. The number of sulfone groups is 1. The number of nitrogens with zero attached hydrogens (tertiary/aromatic N) is 2. The molecule has 0 spiro atoms. The van der Waals surface area contributed by atoms with Gasteiger partial charge in [-0.2, -0.15) is 4.98 Å². The van der Waals surface area contributed by atoms with Crippen LogP contribution in [0.1, 0.15) is 13.8 Å². The first-order valence-corrected chi connectivity index (χ1v) is 11.5. The number of rotatable bonds is 4. The van der Waals surface area contributed by atoms with Crippen molar-refractivity contribution in [1.29, 1.82) is 0 Å². The highest BCUT2D eigenvalue weighted by atomic mass is 32.2. The van der Waals surface area contributed by atoms with E-state index in [0.29, 0.717) is 43.6 Å². The minimum Gasteiger partial charge on any atom is -0.486 e. The first-order chi connectivity index (χ1) is 14.9. The maximum atomic E-state index is 13.6. The second-order valence-corrected chi connectivity index (χ2v) is 9.44. The Hall–Kier alpha value is -2.98. The molecule has 1 fully saturated rings. The molecule has 5 rings (SSSR count). The van der Waals surface area contributed by atoms with Crippen LogP contribution in [0, 0.1) is 0 Å². The fraction of sp³-hybridized carbons (Fsp3) is 0.381. The molecule has 164 valence electrons. The van der Waals surface area contributed by atoms with Crippen molar-refractivity contribution in [3.63, 3.8) is 0 Å². The summed E-state index contributed by atoms with van der Waals surface area (Å²) >= 11 is 0. The number of furan rings is 1. The van der Waals surface area contributed by atoms with Crippen LogP contribution in [0.2, 0.25) is 0 Å². The fourth-order valence-electron chi connectivity index (χ4n) is 3.82. The Bertz CT molecular complexity index is 1180. The molecule has 0 amide bonds. The molecular weight excluding hydrogens is 424 g/mol. The Kier molecular flexibility index (Phi) is 4.90. The van der Waals surface area contributed by atoms with Gasteiger partial charge in [0.15, 0.2) is 17.3 Å². The van der Waals surface area contributed by atoms with E-state index >= 15 is 0 Å². The van der Waals surface area contributed by atoms with Crippen molar-refractivity contribution in [1.82, 2.24) is 4.98 Å². The molecule has 0 saturated carbocycles. The van der Waals surface area contributed by atoms with Gasteiger partial charge in [-0.25, -0.2) is 8.42 Å². The molecule has 2 unspecified atom stereocenters. The second-order valence-electron chi connectivity index (χ2n) is 7.58. The van der Waals surface area contributed by atoms with E-state index in [1.54, 1.807) is 18.2 Å². The van der Waals surface area contributed by atoms with E-state index in [9.17, 15) is 8.42 Å². The van der Waals surface area contributed by atoms with Gasteiger partial charge in [0.2, 0.25) is 20.7 Å². The molecule has 2 atom stereocenters. The fourth-order valence-corrected chi connectivity index (χ4v) is 5.16.